The lowest BCUT2D eigenvalue weighted by atomic mass is 9.97. The van der Waals surface area contributed by atoms with Crippen molar-refractivity contribution in [2.75, 3.05) is 19.7 Å². The van der Waals surface area contributed by atoms with Crippen LogP contribution in [0.15, 0.2) is 29.2 Å². The van der Waals surface area contributed by atoms with Crippen molar-refractivity contribution in [2.24, 2.45) is 5.92 Å². The van der Waals surface area contributed by atoms with Crippen LogP contribution in [-0.4, -0.2) is 50.1 Å². The summed E-state index contributed by atoms with van der Waals surface area (Å²) in [4.78, 5) is 14.3. The summed E-state index contributed by atoms with van der Waals surface area (Å²) in [5.74, 6) is 0.177. The maximum absolute atomic E-state index is 12.4. The van der Waals surface area contributed by atoms with Crippen LogP contribution in [0, 0.1) is 5.92 Å². The number of sulfonamides is 1. The van der Waals surface area contributed by atoms with Crippen molar-refractivity contribution in [1.82, 2.24) is 9.62 Å². The summed E-state index contributed by atoms with van der Waals surface area (Å²) in [5, 5.41) is 9.14. The van der Waals surface area contributed by atoms with Gasteiger partial charge in [0.15, 0.2) is 0 Å². The quantitative estimate of drug-likeness (QED) is 0.844. The average molecular weight is 340 g/mol. The van der Waals surface area contributed by atoms with Crippen molar-refractivity contribution >= 4 is 15.9 Å². The Balaban J connectivity index is 2.06. The van der Waals surface area contributed by atoms with Crippen LogP contribution < -0.4 is 4.72 Å². The van der Waals surface area contributed by atoms with E-state index in [1.807, 2.05) is 0 Å². The third-order valence-corrected chi connectivity index (χ3v) is 5.64. The minimum Gasteiger partial charge on any atom is -0.396 e. The van der Waals surface area contributed by atoms with Crippen LogP contribution >= 0.6 is 0 Å². The summed E-state index contributed by atoms with van der Waals surface area (Å²) < 4.78 is 26.6. The van der Waals surface area contributed by atoms with Crippen molar-refractivity contribution in [3.05, 3.63) is 29.8 Å². The smallest absolute Gasteiger partial charge is 0.253 e. The van der Waals surface area contributed by atoms with E-state index in [9.17, 15) is 13.2 Å². The van der Waals surface area contributed by atoms with Gasteiger partial charge in [-0.3, -0.25) is 4.79 Å². The van der Waals surface area contributed by atoms with Crippen LogP contribution in [0.1, 0.15) is 37.0 Å². The molecule has 2 N–H and O–H groups in total. The lowest BCUT2D eigenvalue weighted by Crippen LogP contribution is -2.39. The van der Waals surface area contributed by atoms with E-state index in [0.29, 0.717) is 18.7 Å². The van der Waals surface area contributed by atoms with Crippen LogP contribution in [0.5, 0.6) is 0 Å². The Morgan fingerprint density at radius 2 is 1.83 bits per heavy atom. The Hall–Kier alpha value is -1.44. The van der Waals surface area contributed by atoms with Crippen LogP contribution in [0.25, 0.3) is 0 Å². The maximum Gasteiger partial charge on any atom is 0.253 e. The topological polar surface area (TPSA) is 86.7 Å². The van der Waals surface area contributed by atoms with Crippen LogP contribution in [0.3, 0.4) is 0 Å². The third-order valence-electron chi connectivity index (χ3n) is 3.96. The third kappa shape index (κ3) is 4.53. The molecule has 0 radical (unpaired) electrons. The number of carbonyl (C=O) groups excluding carboxylic acids is 1. The van der Waals surface area contributed by atoms with E-state index in [2.05, 4.69) is 4.72 Å². The Bertz CT molecular complexity index is 633. The molecule has 1 heterocycles. The summed E-state index contributed by atoms with van der Waals surface area (Å²) in [6.45, 7) is 4.92. The summed E-state index contributed by atoms with van der Waals surface area (Å²) in [6.07, 6.45) is 1.60. The van der Waals surface area contributed by atoms with Gasteiger partial charge in [-0.2, -0.15) is 0 Å². The summed E-state index contributed by atoms with van der Waals surface area (Å²) >= 11 is 0. The fourth-order valence-corrected chi connectivity index (χ4v) is 3.91. The van der Waals surface area contributed by atoms with Gasteiger partial charge in [0.25, 0.3) is 5.91 Å². The Morgan fingerprint density at radius 3 is 2.30 bits per heavy atom. The number of hydrogen-bond donors (Lipinski definition) is 2. The Labute approximate surface area is 137 Å². The van der Waals surface area contributed by atoms with E-state index in [1.54, 1.807) is 30.9 Å². The van der Waals surface area contributed by atoms with Crippen molar-refractivity contribution < 1.29 is 18.3 Å². The maximum atomic E-state index is 12.4. The van der Waals surface area contributed by atoms with Crippen LogP contribution in [0.2, 0.25) is 0 Å². The van der Waals surface area contributed by atoms with E-state index >= 15 is 0 Å². The van der Waals surface area contributed by atoms with E-state index in [-0.39, 0.29) is 29.4 Å². The molecule has 1 fully saturated rings. The van der Waals surface area contributed by atoms with Gasteiger partial charge in [0.1, 0.15) is 0 Å². The summed E-state index contributed by atoms with van der Waals surface area (Å²) in [7, 11) is -3.54. The molecule has 6 nitrogen and oxygen atoms in total. The number of nitrogens with zero attached hydrogens (tertiary/aromatic N) is 1. The molecule has 0 aliphatic carbocycles. The molecule has 1 aliphatic heterocycles. The van der Waals surface area contributed by atoms with Gasteiger partial charge in [-0.15, -0.1) is 0 Å². The van der Waals surface area contributed by atoms with E-state index in [0.717, 1.165) is 12.8 Å². The lowest BCUT2D eigenvalue weighted by Gasteiger charge is -2.31. The molecule has 0 unspecified atom stereocenters. The van der Waals surface area contributed by atoms with E-state index < -0.39 is 10.0 Å². The number of amides is 1. The zero-order valence-corrected chi connectivity index (χ0v) is 14.3. The van der Waals surface area contributed by atoms with Crippen molar-refractivity contribution in [1.29, 1.82) is 0 Å². The zero-order chi connectivity index (χ0) is 17.0. The minimum absolute atomic E-state index is 0.0952. The molecule has 7 heteroatoms. The second-order valence-electron chi connectivity index (χ2n) is 6.22. The second-order valence-corrected chi connectivity index (χ2v) is 7.93. The average Bonchev–Trinajstić information content (AvgIpc) is 2.53. The van der Waals surface area contributed by atoms with Gasteiger partial charge >= 0.3 is 0 Å². The first kappa shape index (κ1) is 17.9. The largest absolute Gasteiger partial charge is 0.396 e. The zero-order valence-electron chi connectivity index (χ0n) is 13.5. The first-order valence-corrected chi connectivity index (χ1v) is 9.34. The molecule has 0 saturated carbocycles. The summed E-state index contributed by atoms with van der Waals surface area (Å²) in [5.41, 5.74) is 0.482. The van der Waals surface area contributed by atoms with Crippen molar-refractivity contribution in [3.8, 4) is 0 Å². The molecular weight excluding hydrogens is 316 g/mol. The number of rotatable bonds is 5. The van der Waals surface area contributed by atoms with Crippen LogP contribution in [0.4, 0.5) is 0 Å². The molecular formula is C16H24N2O4S. The minimum atomic E-state index is -3.54. The molecule has 1 amide bonds. The van der Waals surface area contributed by atoms with E-state index in [4.69, 9.17) is 5.11 Å². The molecule has 1 aromatic rings. The fourth-order valence-electron chi connectivity index (χ4n) is 2.66. The lowest BCUT2D eigenvalue weighted by molar-refractivity contribution is 0.0651. The normalized spacial score (nSPS) is 16.8. The first-order valence-electron chi connectivity index (χ1n) is 7.86. The van der Waals surface area contributed by atoms with Gasteiger partial charge in [-0.1, -0.05) is 0 Å². The summed E-state index contributed by atoms with van der Waals surface area (Å²) in [6, 6.07) is 5.83. The monoisotopic (exact) mass is 340 g/mol. The molecule has 0 bridgehead atoms. The standard InChI is InChI=1S/C16H24N2O4S/c1-12(2)17-23(21,22)15-5-3-14(4-6-15)16(20)18-9-7-13(11-19)8-10-18/h3-6,12-13,17,19H,7-11H2,1-2H3. The van der Waals surface area contributed by atoms with Crippen molar-refractivity contribution in [3.63, 3.8) is 0 Å². The Kier molecular flexibility index (Phi) is 5.78. The number of aliphatic hydroxyl groups is 1. The highest BCUT2D eigenvalue weighted by Crippen LogP contribution is 2.19. The predicted octanol–water partition coefficient (Wildman–Crippen LogP) is 1.22. The first-order chi connectivity index (χ1) is 10.8. The van der Waals surface area contributed by atoms with Gasteiger partial charge in [0.05, 0.1) is 4.90 Å². The molecule has 23 heavy (non-hydrogen) atoms. The van der Waals surface area contributed by atoms with Gasteiger partial charge in [-0.25, -0.2) is 13.1 Å². The number of piperidine rings is 1. The van der Waals surface area contributed by atoms with Gasteiger partial charge in [0, 0.05) is 31.3 Å². The van der Waals surface area contributed by atoms with Gasteiger partial charge < -0.3 is 10.0 Å². The second kappa shape index (κ2) is 7.42. The number of benzene rings is 1. The molecule has 128 valence electrons. The van der Waals surface area contributed by atoms with Crippen LogP contribution in [-0.2, 0) is 10.0 Å². The number of likely N-dealkylation sites (tertiary alicyclic amines) is 1. The highest BCUT2D eigenvalue weighted by molar-refractivity contribution is 7.89. The fraction of sp³-hybridized carbons (Fsp3) is 0.562. The molecule has 1 aromatic carbocycles. The SMILES string of the molecule is CC(C)NS(=O)(=O)c1ccc(C(=O)N2CCC(CO)CC2)cc1. The van der Waals surface area contributed by atoms with Gasteiger partial charge in [-0.05, 0) is 56.9 Å². The molecule has 1 saturated heterocycles. The molecule has 0 spiro atoms. The van der Waals surface area contributed by atoms with E-state index in [1.165, 1.54) is 12.1 Å². The van der Waals surface area contributed by atoms with Crippen molar-refractivity contribution in [2.45, 2.75) is 37.6 Å². The molecule has 0 aromatic heterocycles. The van der Waals surface area contributed by atoms with Gasteiger partial charge in [0.2, 0.25) is 10.0 Å². The molecule has 1 aliphatic rings. The Morgan fingerprint density at radius 1 is 1.26 bits per heavy atom. The number of carbonyl (C=O) groups is 1. The number of nitrogens with one attached hydrogen (secondary N) is 1. The predicted molar refractivity (Wildman–Crippen MR) is 87.6 cm³/mol. The molecule has 2 rings (SSSR count). The molecule has 0 atom stereocenters. The number of hydrogen-bond acceptors (Lipinski definition) is 4. The highest BCUT2D eigenvalue weighted by Gasteiger charge is 2.23. The highest BCUT2D eigenvalue weighted by atomic mass is 32.2. The number of aliphatic hydroxyl groups excluding tert-OH is 1.